The molecule has 2 nitrogen and oxygen atoms in total. The summed E-state index contributed by atoms with van der Waals surface area (Å²) in [4.78, 5) is 1.67. The molecular formula is C13H16Cl2F4N2. The average Bonchev–Trinajstić information content (AvgIpc) is 2.43. The van der Waals surface area contributed by atoms with Crippen LogP contribution in [0, 0.1) is 11.6 Å². The van der Waals surface area contributed by atoms with Gasteiger partial charge in [-0.15, -0.1) is 12.4 Å². The second-order valence-corrected chi connectivity index (χ2v) is 5.09. The van der Waals surface area contributed by atoms with Gasteiger partial charge >= 0.3 is 0 Å². The Morgan fingerprint density at radius 2 is 1.81 bits per heavy atom. The highest BCUT2D eigenvalue weighted by molar-refractivity contribution is 6.30. The number of hydrogen-bond donors (Lipinski definition) is 1. The molecule has 0 bridgehead atoms. The second-order valence-electron chi connectivity index (χ2n) is 4.69. The van der Waals surface area contributed by atoms with Gasteiger partial charge in [-0.3, -0.25) is 4.90 Å². The third-order valence-electron chi connectivity index (χ3n) is 3.41. The predicted octanol–water partition coefficient (Wildman–Crippen LogP) is 3.64. The number of hydrogen-bond acceptors (Lipinski definition) is 2. The zero-order chi connectivity index (χ0) is 14.7. The van der Waals surface area contributed by atoms with Crippen molar-refractivity contribution in [1.82, 2.24) is 10.2 Å². The topological polar surface area (TPSA) is 15.3 Å². The van der Waals surface area contributed by atoms with Crippen molar-refractivity contribution in [2.75, 3.05) is 26.2 Å². The Labute approximate surface area is 131 Å². The molecule has 1 N–H and O–H groups in total. The predicted molar refractivity (Wildman–Crippen MR) is 76.4 cm³/mol. The number of rotatable bonds is 4. The molecule has 1 saturated heterocycles. The summed E-state index contributed by atoms with van der Waals surface area (Å²) in [6.07, 6.45) is -3.26. The maximum absolute atomic E-state index is 14.1. The maximum atomic E-state index is 14.1. The molecule has 0 unspecified atom stereocenters. The van der Waals surface area contributed by atoms with Crippen LogP contribution in [0.3, 0.4) is 0 Å². The van der Waals surface area contributed by atoms with Crippen molar-refractivity contribution in [3.05, 3.63) is 34.4 Å². The number of benzene rings is 1. The highest BCUT2D eigenvalue weighted by Gasteiger charge is 2.30. The smallest absolute Gasteiger partial charge is 0.240 e. The number of halogens is 6. The minimum absolute atomic E-state index is 0. The molecule has 8 heteroatoms. The zero-order valence-electron chi connectivity index (χ0n) is 11.1. The molecule has 0 radical (unpaired) electrons. The van der Waals surface area contributed by atoms with E-state index < -0.39 is 30.5 Å². The van der Waals surface area contributed by atoms with Crippen LogP contribution in [0.15, 0.2) is 12.1 Å². The maximum Gasteiger partial charge on any atom is 0.240 e. The molecular weight excluding hydrogens is 331 g/mol. The molecule has 0 saturated carbocycles. The number of nitrogens with zero attached hydrogens (tertiary/aromatic N) is 1. The van der Waals surface area contributed by atoms with Crippen LogP contribution in [-0.4, -0.2) is 37.5 Å². The molecule has 0 amide bonds. The van der Waals surface area contributed by atoms with Crippen molar-refractivity contribution in [2.45, 2.75) is 18.9 Å². The van der Waals surface area contributed by atoms with Gasteiger partial charge in [0, 0.05) is 44.2 Å². The summed E-state index contributed by atoms with van der Waals surface area (Å²) in [5, 5.41) is 2.82. The summed E-state index contributed by atoms with van der Waals surface area (Å²) in [5.74, 6) is -1.79. The van der Waals surface area contributed by atoms with E-state index in [1.165, 1.54) is 0 Å². The standard InChI is InChI=1S/C13H15ClF4N2.ClH/c14-8-1-2-9(15)12(13(8)18)10(7-11(16)17)20-5-3-19-4-6-20;/h1-2,10-11,19H,3-7H2;1H/t10-;/m0./s1. The van der Waals surface area contributed by atoms with Crippen LogP contribution in [0.4, 0.5) is 17.6 Å². The first-order valence-electron chi connectivity index (χ1n) is 6.37. The average molecular weight is 347 g/mol. The molecule has 21 heavy (non-hydrogen) atoms. The van der Waals surface area contributed by atoms with Crippen molar-refractivity contribution >= 4 is 24.0 Å². The van der Waals surface area contributed by atoms with Crippen LogP contribution in [-0.2, 0) is 0 Å². The first-order valence-corrected chi connectivity index (χ1v) is 6.74. The molecule has 1 heterocycles. The van der Waals surface area contributed by atoms with E-state index in [0.29, 0.717) is 26.2 Å². The Hall–Kier alpha value is -0.560. The lowest BCUT2D eigenvalue weighted by molar-refractivity contribution is 0.0710. The molecule has 1 aliphatic heterocycles. The molecule has 1 aromatic rings. The molecule has 1 fully saturated rings. The Kier molecular flexibility index (Phi) is 7.20. The fourth-order valence-electron chi connectivity index (χ4n) is 2.46. The summed E-state index contributed by atoms with van der Waals surface area (Å²) in [7, 11) is 0. The second kappa shape index (κ2) is 8.17. The highest BCUT2D eigenvalue weighted by atomic mass is 35.5. The van der Waals surface area contributed by atoms with Crippen LogP contribution in [0.5, 0.6) is 0 Å². The normalized spacial score (nSPS) is 17.6. The number of nitrogens with one attached hydrogen (secondary N) is 1. The molecule has 120 valence electrons. The fraction of sp³-hybridized carbons (Fsp3) is 0.538. The van der Waals surface area contributed by atoms with Crippen molar-refractivity contribution in [1.29, 1.82) is 0 Å². The lowest BCUT2D eigenvalue weighted by Gasteiger charge is -2.35. The van der Waals surface area contributed by atoms with Gasteiger partial charge in [-0.05, 0) is 12.1 Å². The monoisotopic (exact) mass is 346 g/mol. The third kappa shape index (κ3) is 4.45. The van der Waals surface area contributed by atoms with E-state index in [0.717, 1.165) is 12.1 Å². The Balaban J connectivity index is 0.00000220. The first-order chi connectivity index (χ1) is 9.50. The first kappa shape index (κ1) is 18.5. The van der Waals surface area contributed by atoms with Gasteiger partial charge in [-0.2, -0.15) is 0 Å². The quantitative estimate of drug-likeness (QED) is 0.661. The molecule has 1 atom stereocenters. The van der Waals surface area contributed by atoms with Gasteiger partial charge < -0.3 is 5.32 Å². The largest absolute Gasteiger partial charge is 0.314 e. The van der Waals surface area contributed by atoms with Gasteiger partial charge in [0.2, 0.25) is 6.43 Å². The fourth-order valence-corrected chi connectivity index (χ4v) is 2.63. The van der Waals surface area contributed by atoms with Gasteiger partial charge in [-0.25, -0.2) is 17.6 Å². The van der Waals surface area contributed by atoms with Crippen LogP contribution < -0.4 is 5.32 Å². The van der Waals surface area contributed by atoms with Crippen molar-refractivity contribution in [2.24, 2.45) is 0 Å². The van der Waals surface area contributed by atoms with Gasteiger partial charge in [-0.1, -0.05) is 11.6 Å². The molecule has 0 aromatic heterocycles. The highest BCUT2D eigenvalue weighted by Crippen LogP contribution is 2.34. The summed E-state index contributed by atoms with van der Waals surface area (Å²) in [6.45, 7) is 2.12. The van der Waals surface area contributed by atoms with E-state index in [9.17, 15) is 17.6 Å². The lowest BCUT2D eigenvalue weighted by atomic mass is 10.00. The van der Waals surface area contributed by atoms with Crippen LogP contribution in [0.1, 0.15) is 18.0 Å². The van der Waals surface area contributed by atoms with Crippen molar-refractivity contribution in [3.8, 4) is 0 Å². The molecule has 1 aliphatic rings. The molecule has 2 rings (SSSR count). The van der Waals surface area contributed by atoms with E-state index in [4.69, 9.17) is 11.6 Å². The van der Waals surface area contributed by atoms with Gasteiger partial charge in [0.15, 0.2) is 0 Å². The SMILES string of the molecule is Cl.Fc1ccc(Cl)c(F)c1[C@H](CC(F)F)N1CCNCC1. The summed E-state index contributed by atoms with van der Waals surface area (Å²) in [6, 6.07) is 1.10. The third-order valence-corrected chi connectivity index (χ3v) is 3.70. The number of alkyl halides is 2. The minimum Gasteiger partial charge on any atom is -0.314 e. The van der Waals surface area contributed by atoms with Gasteiger partial charge in [0.05, 0.1) is 5.02 Å². The van der Waals surface area contributed by atoms with E-state index in [1.54, 1.807) is 4.90 Å². The van der Waals surface area contributed by atoms with E-state index in [2.05, 4.69) is 5.32 Å². The summed E-state index contributed by atoms with van der Waals surface area (Å²) in [5.41, 5.74) is -0.361. The Bertz CT molecular complexity index is 468. The van der Waals surface area contributed by atoms with Crippen molar-refractivity contribution < 1.29 is 17.6 Å². The van der Waals surface area contributed by atoms with Crippen LogP contribution in [0.2, 0.25) is 5.02 Å². The van der Waals surface area contributed by atoms with Gasteiger partial charge in [0.1, 0.15) is 11.6 Å². The summed E-state index contributed by atoms with van der Waals surface area (Å²) >= 11 is 5.65. The van der Waals surface area contributed by atoms with Crippen LogP contribution in [0.25, 0.3) is 0 Å². The number of piperazine rings is 1. The summed E-state index contributed by atoms with van der Waals surface area (Å²) < 4.78 is 53.5. The van der Waals surface area contributed by atoms with E-state index in [1.807, 2.05) is 0 Å². The van der Waals surface area contributed by atoms with Crippen molar-refractivity contribution in [3.63, 3.8) is 0 Å². The zero-order valence-corrected chi connectivity index (χ0v) is 12.7. The van der Waals surface area contributed by atoms with Gasteiger partial charge in [0.25, 0.3) is 0 Å². The Morgan fingerprint density at radius 3 is 2.38 bits per heavy atom. The Morgan fingerprint density at radius 1 is 1.19 bits per heavy atom. The molecule has 0 spiro atoms. The molecule has 1 aromatic carbocycles. The molecule has 0 aliphatic carbocycles. The lowest BCUT2D eigenvalue weighted by Crippen LogP contribution is -2.46. The van der Waals surface area contributed by atoms with E-state index in [-0.39, 0.29) is 23.0 Å². The van der Waals surface area contributed by atoms with E-state index >= 15 is 0 Å². The van der Waals surface area contributed by atoms with Crippen LogP contribution >= 0.6 is 24.0 Å². The minimum atomic E-state index is -2.65.